The second kappa shape index (κ2) is 6.22. The highest BCUT2D eigenvalue weighted by atomic mass is 127. The van der Waals surface area contributed by atoms with Gasteiger partial charge in [0.25, 0.3) is 0 Å². The first kappa shape index (κ1) is 16.4. The molecule has 0 radical (unpaired) electrons. The summed E-state index contributed by atoms with van der Waals surface area (Å²) in [6.07, 6.45) is 1.66. The van der Waals surface area contributed by atoms with Crippen LogP contribution in [-0.2, 0) is 9.22 Å². The van der Waals surface area contributed by atoms with E-state index in [-0.39, 0.29) is 5.04 Å². The summed E-state index contributed by atoms with van der Waals surface area (Å²) >= 11 is 2.33. The quantitative estimate of drug-likeness (QED) is 0.414. The van der Waals surface area contributed by atoms with E-state index in [0.29, 0.717) is 18.4 Å². The van der Waals surface area contributed by atoms with Crippen LogP contribution in [0.4, 0.5) is 0 Å². The molecule has 0 aromatic heterocycles. The van der Waals surface area contributed by atoms with E-state index in [1.54, 1.807) is 0 Å². The summed E-state index contributed by atoms with van der Waals surface area (Å²) in [5, 5.41) is 0.240. The lowest BCUT2D eigenvalue weighted by Crippen LogP contribution is -2.45. The minimum atomic E-state index is -1.69. The summed E-state index contributed by atoms with van der Waals surface area (Å²) < 4.78 is 7.25. The third-order valence-electron chi connectivity index (χ3n) is 4.22. The number of alkyl halides is 1. The maximum Gasteiger partial charge on any atom is 0.223 e. The molecule has 0 spiro atoms. The lowest BCUT2D eigenvalue weighted by molar-refractivity contribution is -0.129. The number of hydrogen-bond acceptors (Lipinski definition) is 2. The van der Waals surface area contributed by atoms with Gasteiger partial charge in [-0.1, -0.05) is 43.4 Å². The molecule has 106 valence electrons. The number of rotatable bonds is 5. The number of carbonyl (C=O) groups excluding carboxylic acids is 1. The second-order valence-corrected chi connectivity index (χ2v) is 12.4. The first-order valence-corrected chi connectivity index (χ1v) is 11.1. The Kier molecular flexibility index (Phi) is 5.68. The molecular weight excluding hydrogens is 357 g/mol. The zero-order valence-electron chi connectivity index (χ0n) is 12.3. The van der Waals surface area contributed by atoms with Gasteiger partial charge in [-0.2, -0.15) is 0 Å². The molecule has 0 N–H and O–H groups in total. The average molecular weight is 383 g/mol. The van der Waals surface area contributed by atoms with Crippen LogP contribution >= 0.6 is 22.6 Å². The van der Waals surface area contributed by atoms with Crippen molar-refractivity contribution in [3.8, 4) is 0 Å². The molecule has 0 aliphatic carbocycles. The number of amides is 1. The van der Waals surface area contributed by atoms with E-state index in [1.807, 2.05) is 4.90 Å². The smallest absolute Gasteiger partial charge is 0.223 e. The summed E-state index contributed by atoms with van der Waals surface area (Å²) in [4.78, 5) is 13.8. The molecule has 1 rings (SSSR count). The molecule has 3 nitrogen and oxygen atoms in total. The summed E-state index contributed by atoms with van der Waals surface area (Å²) in [5.41, 5.74) is 0. The first-order valence-electron chi connectivity index (χ1n) is 6.68. The molecule has 18 heavy (non-hydrogen) atoms. The summed E-state index contributed by atoms with van der Waals surface area (Å²) in [5.74, 6) is 0.301. The van der Waals surface area contributed by atoms with Crippen molar-refractivity contribution in [2.75, 3.05) is 17.6 Å². The SMILES string of the molecule is CC(C)(C)[Si](C)(C)OCC1CCC(=O)N1CCI. The van der Waals surface area contributed by atoms with Gasteiger partial charge in [-0.25, -0.2) is 0 Å². The molecule has 1 saturated heterocycles. The van der Waals surface area contributed by atoms with E-state index < -0.39 is 8.32 Å². The van der Waals surface area contributed by atoms with E-state index in [1.165, 1.54) is 0 Å². The van der Waals surface area contributed by atoms with Crippen molar-refractivity contribution in [2.24, 2.45) is 0 Å². The number of carbonyl (C=O) groups is 1. The Hall–Kier alpha value is 0.377. The molecule has 5 heteroatoms. The highest BCUT2D eigenvalue weighted by Gasteiger charge is 2.39. The van der Waals surface area contributed by atoms with Crippen LogP contribution in [0.2, 0.25) is 18.1 Å². The fourth-order valence-electron chi connectivity index (χ4n) is 1.89. The van der Waals surface area contributed by atoms with Gasteiger partial charge in [0.15, 0.2) is 8.32 Å². The molecule has 1 heterocycles. The van der Waals surface area contributed by atoms with Crippen LogP contribution in [-0.4, -0.2) is 42.7 Å². The minimum Gasteiger partial charge on any atom is -0.415 e. The zero-order chi connectivity index (χ0) is 14.0. The fraction of sp³-hybridized carbons (Fsp3) is 0.923. The number of halogens is 1. The Balaban J connectivity index is 2.55. The van der Waals surface area contributed by atoms with Crippen molar-refractivity contribution in [1.82, 2.24) is 4.90 Å². The lowest BCUT2D eigenvalue weighted by Gasteiger charge is -2.38. The third kappa shape index (κ3) is 3.93. The predicted molar refractivity (Wildman–Crippen MR) is 86.8 cm³/mol. The van der Waals surface area contributed by atoms with Crippen molar-refractivity contribution in [1.29, 1.82) is 0 Å². The number of likely N-dealkylation sites (tertiary alicyclic amines) is 1. The van der Waals surface area contributed by atoms with Gasteiger partial charge in [-0.15, -0.1) is 0 Å². The molecule has 1 fully saturated rings. The van der Waals surface area contributed by atoms with Gasteiger partial charge in [0.2, 0.25) is 5.91 Å². The van der Waals surface area contributed by atoms with E-state index in [4.69, 9.17) is 4.43 Å². The molecule has 0 aromatic rings. The molecular formula is C13H26INO2Si. The predicted octanol–water partition coefficient (Wildman–Crippen LogP) is 3.43. The topological polar surface area (TPSA) is 29.5 Å². The van der Waals surface area contributed by atoms with Crippen molar-refractivity contribution < 1.29 is 9.22 Å². The Labute approximate surface area is 126 Å². The highest BCUT2D eigenvalue weighted by molar-refractivity contribution is 14.1. The van der Waals surface area contributed by atoms with Gasteiger partial charge in [-0.3, -0.25) is 4.79 Å². The van der Waals surface area contributed by atoms with Crippen LogP contribution in [0.5, 0.6) is 0 Å². The summed E-state index contributed by atoms with van der Waals surface area (Å²) in [7, 11) is -1.69. The Morgan fingerprint density at radius 1 is 1.44 bits per heavy atom. The van der Waals surface area contributed by atoms with Crippen molar-refractivity contribution in [3.05, 3.63) is 0 Å². The third-order valence-corrected chi connectivity index (χ3v) is 9.20. The van der Waals surface area contributed by atoms with Crippen LogP contribution in [0.3, 0.4) is 0 Å². The molecule has 0 saturated carbocycles. The van der Waals surface area contributed by atoms with Crippen LogP contribution in [0.1, 0.15) is 33.6 Å². The number of hydrogen-bond donors (Lipinski definition) is 0. The number of nitrogens with zero attached hydrogens (tertiary/aromatic N) is 1. The summed E-state index contributed by atoms with van der Waals surface area (Å²) in [6.45, 7) is 12.9. The van der Waals surface area contributed by atoms with Crippen LogP contribution in [0.15, 0.2) is 0 Å². The van der Waals surface area contributed by atoms with Gasteiger partial charge in [0.05, 0.1) is 12.6 Å². The van der Waals surface area contributed by atoms with Gasteiger partial charge in [-0.05, 0) is 24.6 Å². The van der Waals surface area contributed by atoms with Crippen LogP contribution in [0, 0.1) is 0 Å². The minimum absolute atomic E-state index is 0.240. The van der Waals surface area contributed by atoms with Gasteiger partial charge < -0.3 is 9.33 Å². The largest absolute Gasteiger partial charge is 0.415 e. The van der Waals surface area contributed by atoms with E-state index in [0.717, 1.165) is 24.0 Å². The van der Waals surface area contributed by atoms with E-state index >= 15 is 0 Å². The van der Waals surface area contributed by atoms with Crippen molar-refractivity contribution in [2.45, 2.75) is 57.8 Å². The fourth-order valence-corrected chi connectivity index (χ4v) is 3.45. The summed E-state index contributed by atoms with van der Waals surface area (Å²) in [6, 6.07) is 0.307. The lowest BCUT2D eigenvalue weighted by atomic mass is 10.2. The first-order chi connectivity index (χ1) is 8.19. The zero-order valence-corrected chi connectivity index (χ0v) is 15.4. The van der Waals surface area contributed by atoms with E-state index in [9.17, 15) is 4.79 Å². The normalized spacial score (nSPS) is 21.8. The Morgan fingerprint density at radius 3 is 2.56 bits per heavy atom. The molecule has 1 atom stereocenters. The molecule has 0 bridgehead atoms. The van der Waals surface area contributed by atoms with Gasteiger partial charge in [0, 0.05) is 17.4 Å². The second-order valence-electron chi connectivity index (χ2n) is 6.54. The molecule has 1 aliphatic rings. The Bertz CT molecular complexity index is 302. The maximum atomic E-state index is 11.8. The standard InChI is InChI=1S/C13H26INO2Si/c1-13(2,3)18(4,5)17-10-11-6-7-12(16)15(11)9-8-14/h11H,6-10H2,1-5H3. The van der Waals surface area contributed by atoms with Gasteiger partial charge >= 0.3 is 0 Å². The highest BCUT2D eigenvalue weighted by Crippen LogP contribution is 2.37. The van der Waals surface area contributed by atoms with Crippen LogP contribution in [0.25, 0.3) is 0 Å². The Morgan fingerprint density at radius 2 is 2.06 bits per heavy atom. The van der Waals surface area contributed by atoms with Crippen molar-refractivity contribution in [3.63, 3.8) is 0 Å². The molecule has 1 aliphatic heterocycles. The van der Waals surface area contributed by atoms with Crippen LogP contribution < -0.4 is 0 Å². The molecule has 0 aromatic carbocycles. The molecule has 1 unspecified atom stereocenters. The average Bonchev–Trinajstić information content (AvgIpc) is 2.57. The van der Waals surface area contributed by atoms with E-state index in [2.05, 4.69) is 56.5 Å². The monoisotopic (exact) mass is 383 g/mol. The van der Waals surface area contributed by atoms with Gasteiger partial charge in [0.1, 0.15) is 0 Å². The van der Waals surface area contributed by atoms with Crippen molar-refractivity contribution >= 4 is 36.8 Å². The maximum absolute atomic E-state index is 11.8. The molecule has 1 amide bonds.